The van der Waals surface area contributed by atoms with Gasteiger partial charge < -0.3 is 27.5 Å². The maximum absolute atomic E-state index is 7.00. The molecule has 0 radical (unpaired) electrons. The smallest absolute Gasteiger partial charge is 0.870 e. The topological polar surface area (TPSA) is 156 Å². The Hall–Kier alpha value is 0.345. The second kappa shape index (κ2) is 58.2. The summed E-state index contributed by atoms with van der Waals surface area (Å²) in [4.78, 5) is 0. The van der Waals surface area contributed by atoms with Crippen LogP contribution in [0.2, 0.25) is 0 Å². The number of hydrogen-bond donors (Lipinski definition) is 4. The maximum Gasteiger partial charge on any atom is 1.00 e. The molecule has 0 aromatic carbocycles. The predicted molar refractivity (Wildman–Crippen MR) is 28.1 cm³/mol. The van der Waals surface area contributed by atoms with Crippen LogP contribution in [-0.4, -0.2) is 29.1 Å². The van der Waals surface area contributed by atoms with Gasteiger partial charge in [0.05, 0.1) is 0 Å². The van der Waals surface area contributed by atoms with E-state index in [1.165, 1.54) is 0 Å². The van der Waals surface area contributed by atoms with E-state index in [1.54, 1.807) is 0 Å². The van der Waals surface area contributed by atoms with E-state index >= 15 is 0 Å². The summed E-state index contributed by atoms with van der Waals surface area (Å²) < 4.78 is 0. The largest absolute Gasteiger partial charge is 1.00 e. The first-order chi connectivity index (χ1) is 2.73. The van der Waals surface area contributed by atoms with Gasteiger partial charge in [0.2, 0.25) is 0 Å². The molecule has 0 heterocycles. The average Bonchev–Trinajstić information content (AvgIpc) is 1.41. The van der Waals surface area contributed by atoms with Crippen molar-refractivity contribution in [3.8, 4) is 0 Å². The molecule has 0 aliphatic rings. The zero-order valence-electron chi connectivity index (χ0n) is 6.50. The van der Waals surface area contributed by atoms with Gasteiger partial charge in [0.25, 0.3) is 0 Å². The Morgan fingerprint density at radius 3 is 1.10 bits per heavy atom. The van der Waals surface area contributed by atoms with Crippen LogP contribution >= 0.6 is 0 Å². The molecule has 0 atom stereocenters. The number of guanidine groups is 1. The fraction of sp³-hybridized carbons (Fsp3) is 0.500. The number of aliphatic hydroxyl groups is 1. The van der Waals surface area contributed by atoms with E-state index < -0.39 is 0 Å². The van der Waals surface area contributed by atoms with E-state index in [0.717, 1.165) is 7.11 Å². The van der Waals surface area contributed by atoms with Crippen LogP contribution in [0.3, 0.4) is 0 Å². The molecule has 0 aromatic rings. The van der Waals surface area contributed by atoms with Gasteiger partial charge in [0.1, 0.15) is 0 Å². The number of nitrogens with two attached hydrogens (primary N) is 2. The average molecular weight is 139 g/mol. The Kier molecular flexibility index (Phi) is 278. The Balaban J connectivity index is -0.00000000625. The standard InChI is InChI=1S/CH5N3.CH4O.2Li.2H2O/c2-1(3)4;1-2;;;;/h(H5,2,3,4);2H,1H3;;;2*1H2/q;;2*+1;;/p-2. The van der Waals surface area contributed by atoms with Crippen molar-refractivity contribution in [2.75, 3.05) is 7.11 Å². The minimum Gasteiger partial charge on any atom is -0.870 e. The normalized spacial score (nSPS) is 3.00. The van der Waals surface area contributed by atoms with Crippen LogP contribution in [0.15, 0.2) is 0 Å². The van der Waals surface area contributed by atoms with E-state index in [1.807, 2.05) is 0 Å². The first-order valence-corrected chi connectivity index (χ1v) is 1.27. The molecule has 0 unspecified atom stereocenters. The minimum atomic E-state index is -0.333. The molecule has 0 rings (SSSR count). The van der Waals surface area contributed by atoms with Crippen molar-refractivity contribution in [2.24, 2.45) is 11.5 Å². The van der Waals surface area contributed by atoms with Gasteiger partial charge in [-0.3, -0.25) is 5.41 Å². The molecule has 0 saturated carbocycles. The molecule has 0 aliphatic carbocycles. The molecule has 0 spiro atoms. The summed E-state index contributed by atoms with van der Waals surface area (Å²) in [6, 6.07) is 0. The molecule has 8 N–H and O–H groups in total. The van der Waals surface area contributed by atoms with Crippen LogP contribution < -0.4 is 49.2 Å². The zero-order chi connectivity index (χ0) is 5.58. The molecule has 0 amide bonds. The summed E-state index contributed by atoms with van der Waals surface area (Å²) in [7, 11) is 1.00. The van der Waals surface area contributed by atoms with E-state index in [0.29, 0.717) is 0 Å². The van der Waals surface area contributed by atoms with Crippen LogP contribution in [0, 0.1) is 5.41 Å². The van der Waals surface area contributed by atoms with Crippen LogP contribution in [0.4, 0.5) is 0 Å². The summed E-state index contributed by atoms with van der Waals surface area (Å²) in [6.07, 6.45) is 0. The monoisotopic (exact) mass is 139 g/mol. The molecule has 0 saturated heterocycles. The van der Waals surface area contributed by atoms with Crippen molar-refractivity contribution in [1.82, 2.24) is 0 Å². The SMILES string of the molecule is CO.N=C(N)N.[Li+].[Li+].[OH-].[OH-]. The van der Waals surface area contributed by atoms with Crippen LogP contribution in [0.1, 0.15) is 0 Å². The number of hydrogen-bond acceptors (Lipinski definition) is 4. The van der Waals surface area contributed by atoms with E-state index in [2.05, 4.69) is 11.5 Å². The molecular weight excluding hydrogens is 128 g/mol. The summed E-state index contributed by atoms with van der Waals surface area (Å²) in [5.41, 5.74) is 8.94. The van der Waals surface area contributed by atoms with E-state index in [-0.39, 0.29) is 54.6 Å². The fourth-order valence-electron chi connectivity index (χ4n) is 0. The molecule has 10 heavy (non-hydrogen) atoms. The van der Waals surface area contributed by atoms with Gasteiger partial charge in [-0.25, -0.2) is 0 Å². The van der Waals surface area contributed by atoms with Gasteiger partial charge >= 0.3 is 37.7 Å². The third-order valence-corrected chi connectivity index (χ3v) is 0. The van der Waals surface area contributed by atoms with Crippen molar-refractivity contribution < 1.29 is 53.8 Å². The molecule has 0 bridgehead atoms. The van der Waals surface area contributed by atoms with Gasteiger partial charge in [0, 0.05) is 7.11 Å². The van der Waals surface area contributed by atoms with Crippen molar-refractivity contribution in [2.45, 2.75) is 0 Å². The minimum absolute atomic E-state index is 0. The quantitative estimate of drug-likeness (QED) is 0.149. The van der Waals surface area contributed by atoms with Crippen molar-refractivity contribution in [3.05, 3.63) is 0 Å². The number of rotatable bonds is 0. The molecule has 0 aromatic heterocycles. The van der Waals surface area contributed by atoms with Crippen molar-refractivity contribution >= 4 is 5.96 Å². The van der Waals surface area contributed by atoms with E-state index in [9.17, 15) is 0 Å². The molecule has 8 heteroatoms. The van der Waals surface area contributed by atoms with Gasteiger partial charge in [-0.1, -0.05) is 0 Å². The van der Waals surface area contributed by atoms with Gasteiger partial charge in [-0.2, -0.15) is 0 Å². The summed E-state index contributed by atoms with van der Waals surface area (Å²) >= 11 is 0. The van der Waals surface area contributed by atoms with Crippen LogP contribution in [0.25, 0.3) is 0 Å². The third-order valence-electron chi connectivity index (χ3n) is 0. The van der Waals surface area contributed by atoms with Gasteiger partial charge in [0.15, 0.2) is 5.96 Å². The molecule has 54 valence electrons. The van der Waals surface area contributed by atoms with E-state index in [4.69, 9.17) is 10.5 Å². The Labute approximate surface area is 83.8 Å². The fourth-order valence-corrected chi connectivity index (χ4v) is 0. The summed E-state index contributed by atoms with van der Waals surface area (Å²) in [5.74, 6) is -0.333. The third kappa shape index (κ3) is 3790. The second-order valence-electron chi connectivity index (χ2n) is 0.455. The first-order valence-electron chi connectivity index (χ1n) is 1.27. The first kappa shape index (κ1) is 47.9. The van der Waals surface area contributed by atoms with Crippen LogP contribution in [-0.2, 0) is 0 Å². The van der Waals surface area contributed by atoms with Crippen LogP contribution in [0.5, 0.6) is 0 Å². The van der Waals surface area contributed by atoms with Crippen molar-refractivity contribution in [1.29, 1.82) is 5.41 Å². The number of aliphatic hydroxyl groups excluding tert-OH is 1. The Morgan fingerprint density at radius 2 is 1.10 bits per heavy atom. The maximum atomic E-state index is 7.00. The summed E-state index contributed by atoms with van der Waals surface area (Å²) in [5, 5.41) is 13.1. The number of nitrogens with one attached hydrogen (secondary N) is 1. The molecular formula is C2H11Li2N3O3. The predicted octanol–water partition coefficient (Wildman–Crippen LogP) is -7.90. The van der Waals surface area contributed by atoms with Crippen molar-refractivity contribution in [3.63, 3.8) is 0 Å². The molecule has 6 nitrogen and oxygen atoms in total. The molecule has 0 aliphatic heterocycles. The Bertz CT molecular complexity index is 42.7. The van der Waals surface area contributed by atoms with Gasteiger partial charge in [-0.05, 0) is 0 Å². The second-order valence-corrected chi connectivity index (χ2v) is 0.455. The van der Waals surface area contributed by atoms with Gasteiger partial charge in [-0.15, -0.1) is 0 Å². The zero-order valence-corrected chi connectivity index (χ0v) is 6.50. The Morgan fingerprint density at radius 1 is 1.10 bits per heavy atom. The summed E-state index contributed by atoms with van der Waals surface area (Å²) in [6.45, 7) is 0. The molecule has 0 fully saturated rings.